The van der Waals surface area contributed by atoms with Gasteiger partial charge in [-0.25, -0.2) is 0 Å². The zero-order valence-electron chi connectivity index (χ0n) is 10.8. The maximum atomic E-state index is 5.45. The van der Waals surface area contributed by atoms with Gasteiger partial charge in [0.2, 0.25) is 0 Å². The highest BCUT2D eigenvalue weighted by atomic mass is 16.5. The Morgan fingerprint density at radius 2 is 2.06 bits per heavy atom. The van der Waals surface area contributed by atoms with Crippen molar-refractivity contribution >= 4 is 0 Å². The first kappa shape index (κ1) is 14.2. The van der Waals surface area contributed by atoms with Crippen LogP contribution in [0.2, 0.25) is 0 Å². The summed E-state index contributed by atoms with van der Waals surface area (Å²) in [6.45, 7) is 5.59. The Labute approximate surface area is 103 Å². The number of ether oxygens (including phenoxy) is 2. The van der Waals surface area contributed by atoms with Gasteiger partial charge in [-0.3, -0.25) is 0 Å². The predicted molar refractivity (Wildman–Crippen MR) is 66.9 cm³/mol. The van der Waals surface area contributed by atoms with Crippen molar-refractivity contribution in [2.24, 2.45) is 0 Å². The van der Waals surface area contributed by atoms with E-state index < -0.39 is 0 Å². The highest BCUT2D eigenvalue weighted by Gasteiger charge is 2.00. The topological polar surface area (TPSA) is 43.6 Å². The Kier molecular flexibility index (Phi) is 7.71. The lowest BCUT2D eigenvalue weighted by molar-refractivity contribution is 0.0339. The molecule has 0 saturated heterocycles. The number of hydrogen-bond acceptors (Lipinski definition) is 4. The van der Waals surface area contributed by atoms with E-state index in [0.717, 1.165) is 30.9 Å². The average molecular weight is 241 g/mol. The van der Waals surface area contributed by atoms with Crippen LogP contribution in [0.15, 0.2) is 16.7 Å². The van der Waals surface area contributed by atoms with E-state index in [1.54, 1.807) is 6.26 Å². The lowest BCUT2D eigenvalue weighted by Crippen LogP contribution is -2.05. The van der Waals surface area contributed by atoms with Gasteiger partial charge in [-0.05, 0) is 19.5 Å². The Hall–Kier alpha value is -0.840. The minimum Gasteiger partial charge on any atom is -0.467 e. The SMILES string of the molecule is CCCCOCCOCc1cc(CNC)co1. The number of unbranched alkanes of at least 4 members (excludes halogenated alkanes) is 1. The summed E-state index contributed by atoms with van der Waals surface area (Å²) in [7, 11) is 1.91. The molecule has 1 N–H and O–H groups in total. The molecule has 1 aromatic heterocycles. The van der Waals surface area contributed by atoms with E-state index in [2.05, 4.69) is 12.2 Å². The van der Waals surface area contributed by atoms with Crippen molar-refractivity contribution < 1.29 is 13.9 Å². The molecular formula is C13H23NO3. The summed E-state index contributed by atoms with van der Waals surface area (Å²) >= 11 is 0. The summed E-state index contributed by atoms with van der Waals surface area (Å²) < 4.78 is 16.2. The van der Waals surface area contributed by atoms with E-state index in [9.17, 15) is 0 Å². The van der Waals surface area contributed by atoms with Crippen molar-refractivity contribution in [3.63, 3.8) is 0 Å². The van der Waals surface area contributed by atoms with Crippen LogP contribution in [0.1, 0.15) is 31.1 Å². The third-order valence-electron chi connectivity index (χ3n) is 2.35. The molecule has 0 unspecified atom stereocenters. The molecule has 0 spiro atoms. The standard InChI is InChI=1S/C13H23NO3/c1-3-4-5-15-6-7-16-11-13-8-12(9-14-2)10-17-13/h8,10,14H,3-7,9,11H2,1-2H3. The fourth-order valence-corrected chi connectivity index (χ4v) is 1.44. The fourth-order valence-electron chi connectivity index (χ4n) is 1.44. The van der Waals surface area contributed by atoms with Crippen molar-refractivity contribution in [2.75, 3.05) is 26.9 Å². The monoisotopic (exact) mass is 241 g/mol. The van der Waals surface area contributed by atoms with Crippen LogP contribution in [0.5, 0.6) is 0 Å². The summed E-state index contributed by atoms with van der Waals surface area (Å²) in [6.07, 6.45) is 4.04. The molecule has 1 rings (SSSR count). The van der Waals surface area contributed by atoms with Crippen LogP contribution in [-0.2, 0) is 22.6 Å². The van der Waals surface area contributed by atoms with Crippen LogP contribution in [0.3, 0.4) is 0 Å². The Morgan fingerprint density at radius 3 is 2.82 bits per heavy atom. The van der Waals surface area contributed by atoms with E-state index in [4.69, 9.17) is 13.9 Å². The first-order valence-corrected chi connectivity index (χ1v) is 6.23. The Morgan fingerprint density at radius 1 is 1.24 bits per heavy atom. The normalized spacial score (nSPS) is 10.9. The molecule has 0 aliphatic rings. The first-order valence-electron chi connectivity index (χ1n) is 6.23. The van der Waals surface area contributed by atoms with Crippen molar-refractivity contribution in [3.8, 4) is 0 Å². The van der Waals surface area contributed by atoms with Crippen LogP contribution in [0.4, 0.5) is 0 Å². The van der Waals surface area contributed by atoms with Gasteiger partial charge in [-0.15, -0.1) is 0 Å². The average Bonchev–Trinajstić information content (AvgIpc) is 2.76. The third kappa shape index (κ3) is 6.46. The number of nitrogens with one attached hydrogen (secondary N) is 1. The quantitative estimate of drug-likeness (QED) is 0.638. The van der Waals surface area contributed by atoms with Gasteiger partial charge < -0.3 is 19.2 Å². The van der Waals surface area contributed by atoms with E-state index in [1.165, 1.54) is 6.42 Å². The molecule has 98 valence electrons. The number of hydrogen-bond donors (Lipinski definition) is 1. The second-order valence-corrected chi connectivity index (χ2v) is 3.97. The summed E-state index contributed by atoms with van der Waals surface area (Å²) in [4.78, 5) is 0. The summed E-state index contributed by atoms with van der Waals surface area (Å²) in [5.41, 5.74) is 1.14. The molecule has 0 radical (unpaired) electrons. The van der Waals surface area contributed by atoms with Crippen molar-refractivity contribution in [1.29, 1.82) is 0 Å². The summed E-state index contributed by atoms with van der Waals surface area (Å²) in [6, 6.07) is 2.01. The van der Waals surface area contributed by atoms with Crippen molar-refractivity contribution in [3.05, 3.63) is 23.7 Å². The van der Waals surface area contributed by atoms with Crippen LogP contribution in [0, 0.1) is 0 Å². The van der Waals surface area contributed by atoms with Gasteiger partial charge >= 0.3 is 0 Å². The molecule has 4 heteroatoms. The largest absolute Gasteiger partial charge is 0.467 e. The molecule has 1 aromatic rings. The third-order valence-corrected chi connectivity index (χ3v) is 2.35. The fraction of sp³-hybridized carbons (Fsp3) is 0.692. The molecule has 0 amide bonds. The molecular weight excluding hydrogens is 218 g/mol. The lowest BCUT2D eigenvalue weighted by atomic mass is 10.3. The summed E-state index contributed by atoms with van der Waals surface area (Å²) in [5.74, 6) is 0.865. The molecule has 0 aliphatic heterocycles. The minimum atomic E-state index is 0.515. The molecule has 17 heavy (non-hydrogen) atoms. The lowest BCUT2D eigenvalue weighted by Gasteiger charge is -2.03. The predicted octanol–water partition coefficient (Wildman–Crippen LogP) is 2.33. The van der Waals surface area contributed by atoms with Crippen LogP contribution >= 0.6 is 0 Å². The van der Waals surface area contributed by atoms with Gasteiger partial charge in [0.25, 0.3) is 0 Å². The molecule has 1 heterocycles. The molecule has 0 saturated carbocycles. The number of furan rings is 1. The van der Waals surface area contributed by atoms with E-state index in [1.807, 2.05) is 13.1 Å². The van der Waals surface area contributed by atoms with Crippen LogP contribution in [0.25, 0.3) is 0 Å². The molecule has 0 fully saturated rings. The van der Waals surface area contributed by atoms with E-state index >= 15 is 0 Å². The van der Waals surface area contributed by atoms with E-state index in [0.29, 0.717) is 19.8 Å². The molecule has 0 bridgehead atoms. The second-order valence-electron chi connectivity index (χ2n) is 3.97. The van der Waals surface area contributed by atoms with Gasteiger partial charge in [-0.1, -0.05) is 13.3 Å². The maximum Gasteiger partial charge on any atom is 0.129 e. The summed E-state index contributed by atoms with van der Waals surface area (Å²) in [5, 5.41) is 3.07. The van der Waals surface area contributed by atoms with Gasteiger partial charge in [0.1, 0.15) is 12.4 Å². The highest BCUT2D eigenvalue weighted by molar-refractivity contribution is 5.11. The Balaban J connectivity index is 2.01. The highest BCUT2D eigenvalue weighted by Crippen LogP contribution is 2.08. The second kappa shape index (κ2) is 9.22. The van der Waals surface area contributed by atoms with Gasteiger partial charge in [-0.2, -0.15) is 0 Å². The van der Waals surface area contributed by atoms with Crippen molar-refractivity contribution in [2.45, 2.75) is 32.9 Å². The minimum absolute atomic E-state index is 0.515. The first-order chi connectivity index (χ1) is 8.36. The maximum absolute atomic E-state index is 5.45. The van der Waals surface area contributed by atoms with Crippen LogP contribution in [-0.4, -0.2) is 26.9 Å². The van der Waals surface area contributed by atoms with Crippen LogP contribution < -0.4 is 5.32 Å². The van der Waals surface area contributed by atoms with Gasteiger partial charge in [0.15, 0.2) is 0 Å². The van der Waals surface area contributed by atoms with E-state index in [-0.39, 0.29) is 0 Å². The molecule has 0 aromatic carbocycles. The smallest absolute Gasteiger partial charge is 0.129 e. The molecule has 0 atom stereocenters. The molecule has 4 nitrogen and oxygen atoms in total. The van der Waals surface area contributed by atoms with Gasteiger partial charge in [0, 0.05) is 18.7 Å². The van der Waals surface area contributed by atoms with Gasteiger partial charge in [0.05, 0.1) is 19.5 Å². The molecule has 0 aliphatic carbocycles. The number of rotatable bonds is 10. The zero-order chi connectivity index (χ0) is 12.3. The zero-order valence-corrected chi connectivity index (χ0v) is 10.8. The van der Waals surface area contributed by atoms with Crippen molar-refractivity contribution in [1.82, 2.24) is 5.32 Å². The Bertz CT molecular complexity index is 286.